The van der Waals surface area contributed by atoms with Crippen LogP contribution in [0.5, 0.6) is 0 Å². The molecule has 0 saturated carbocycles. The molecular formula is C21H14N6O7S. The van der Waals surface area contributed by atoms with E-state index in [1.54, 1.807) is 60.7 Å². The zero-order chi connectivity index (χ0) is 25.1. The molecule has 0 amide bonds. The number of nitro benzene ring substituents is 3. The van der Waals surface area contributed by atoms with E-state index in [1.165, 1.54) is 8.52 Å². The Balaban J connectivity index is 2.04. The number of hydrogen-bond acceptors (Lipinski definition) is 9. The lowest BCUT2D eigenvalue weighted by Crippen LogP contribution is -2.29. The van der Waals surface area contributed by atoms with E-state index in [9.17, 15) is 35.1 Å². The summed E-state index contributed by atoms with van der Waals surface area (Å²) in [5, 5.41) is 34.5. The van der Waals surface area contributed by atoms with Gasteiger partial charge in [-0.2, -0.15) is 0 Å². The van der Waals surface area contributed by atoms with Gasteiger partial charge in [-0.1, -0.05) is 48.5 Å². The van der Waals surface area contributed by atoms with Crippen LogP contribution in [0, 0.1) is 30.3 Å². The molecule has 0 radical (unpaired) electrons. The van der Waals surface area contributed by atoms with Crippen LogP contribution in [-0.2, 0) is 6.54 Å². The van der Waals surface area contributed by atoms with Crippen molar-refractivity contribution >= 4 is 34.3 Å². The summed E-state index contributed by atoms with van der Waals surface area (Å²) < 4.78 is 2.52. The van der Waals surface area contributed by atoms with E-state index >= 15 is 0 Å². The van der Waals surface area contributed by atoms with E-state index < -0.39 is 43.2 Å². The molecule has 176 valence electrons. The summed E-state index contributed by atoms with van der Waals surface area (Å²) >= 11 is 0.826. The van der Waals surface area contributed by atoms with E-state index in [-0.39, 0.29) is 11.3 Å². The van der Waals surface area contributed by atoms with Crippen LogP contribution in [-0.4, -0.2) is 23.3 Å². The van der Waals surface area contributed by atoms with Crippen LogP contribution in [0.1, 0.15) is 5.56 Å². The molecule has 4 rings (SSSR count). The van der Waals surface area contributed by atoms with Crippen molar-refractivity contribution in [3.63, 3.8) is 0 Å². The van der Waals surface area contributed by atoms with Gasteiger partial charge >= 0.3 is 17.1 Å². The number of nitro groups is 3. The summed E-state index contributed by atoms with van der Waals surface area (Å²) in [5.74, 6) is 0. The van der Waals surface area contributed by atoms with Gasteiger partial charge in [0.25, 0.3) is 5.69 Å². The van der Waals surface area contributed by atoms with Crippen molar-refractivity contribution in [3.8, 4) is 5.69 Å². The third kappa shape index (κ3) is 4.72. The molecule has 13 nitrogen and oxygen atoms in total. The van der Waals surface area contributed by atoms with Gasteiger partial charge in [0.15, 0.2) is 0 Å². The van der Waals surface area contributed by atoms with Crippen LogP contribution in [0.15, 0.2) is 82.6 Å². The minimum absolute atomic E-state index is 0.0312. The van der Waals surface area contributed by atoms with Gasteiger partial charge in [-0.15, -0.1) is 0 Å². The van der Waals surface area contributed by atoms with Crippen LogP contribution in [0.4, 0.5) is 22.7 Å². The highest BCUT2D eigenvalue weighted by Crippen LogP contribution is 2.40. The molecule has 1 aromatic heterocycles. The first-order valence-electron chi connectivity index (χ1n) is 9.84. The summed E-state index contributed by atoms with van der Waals surface area (Å²) in [4.78, 5) is 48.9. The molecule has 0 aliphatic heterocycles. The zero-order valence-electron chi connectivity index (χ0n) is 17.6. The van der Waals surface area contributed by atoms with E-state index in [0.29, 0.717) is 17.8 Å². The predicted molar refractivity (Wildman–Crippen MR) is 125 cm³/mol. The van der Waals surface area contributed by atoms with Crippen LogP contribution >= 0.6 is 11.5 Å². The molecule has 0 bridgehead atoms. The highest BCUT2D eigenvalue weighted by Gasteiger charge is 2.31. The van der Waals surface area contributed by atoms with Gasteiger partial charge in [0.2, 0.25) is 10.5 Å². The Labute approximate surface area is 199 Å². The third-order valence-corrected chi connectivity index (χ3v) is 5.87. The van der Waals surface area contributed by atoms with Gasteiger partial charge in [-0.05, 0) is 29.2 Å². The molecule has 0 fully saturated rings. The summed E-state index contributed by atoms with van der Waals surface area (Å²) in [6.45, 7) is 0.0312. The van der Waals surface area contributed by atoms with E-state index in [1.807, 2.05) is 0 Å². The molecule has 0 atom stereocenters. The lowest BCUT2D eigenvalue weighted by Gasteiger charge is -2.03. The van der Waals surface area contributed by atoms with Crippen molar-refractivity contribution in [3.05, 3.63) is 124 Å². The molecule has 0 spiro atoms. The topological polar surface area (TPSA) is 169 Å². The Kier molecular flexibility index (Phi) is 6.28. The molecule has 14 heteroatoms. The first kappa shape index (κ1) is 23.2. The van der Waals surface area contributed by atoms with E-state index in [2.05, 4.69) is 4.99 Å². The smallest absolute Gasteiger partial charge is 0.263 e. The van der Waals surface area contributed by atoms with E-state index in [4.69, 9.17) is 0 Å². The van der Waals surface area contributed by atoms with E-state index in [0.717, 1.165) is 17.1 Å². The van der Waals surface area contributed by atoms with Gasteiger partial charge in [0, 0.05) is 0 Å². The average Bonchev–Trinajstić information content (AvgIpc) is 3.14. The first-order valence-corrected chi connectivity index (χ1v) is 10.6. The van der Waals surface area contributed by atoms with Crippen molar-refractivity contribution in [2.75, 3.05) is 0 Å². The summed E-state index contributed by atoms with van der Waals surface area (Å²) in [6, 6.07) is 18.6. The van der Waals surface area contributed by atoms with Crippen molar-refractivity contribution in [1.29, 1.82) is 0 Å². The van der Waals surface area contributed by atoms with Gasteiger partial charge < -0.3 is 0 Å². The normalized spacial score (nSPS) is 11.4. The molecule has 4 aromatic rings. The Bertz CT molecular complexity index is 1540. The van der Waals surface area contributed by atoms with Crippen molar-refractivity contribution in [2.45, 2.75) is 6.54 Å². The van der Waals surface area contributed by atoms with Crippen LogP contribution in [0.25, 0.3) is 5.69 Å². The molecule has 3 aromatic carbocycles. The van der Waals surface area contributed by atoms with Crippen molar-refractivity contribution < 1.29 is 14.8 Å². The molecule has 0 unspecified atom stereocenters. The zero-order valence-corrected chi connectivity index (χ0v) is 18.4. The lowest BCUT2D eigenvalue weighted by atomic mass is 10.2. The Morgan fingerprint density at radius 3 is 1.86 bits per heavy atom. The maximum atomic E-state index is 13.3. The molecule has 0 aliphatic carbocycles. The SMILES string of the molecule is O=c1n(-c2ccccc2)sc(=Nc2c([N+](=O)[O-])cc([N+](=O)[O-])cc2[N+](=O)[O-])n1Cc1ccccc1. The van der Waals surface area contributed by atoms with Crippen LogP contribution < -0.4 is 10.5 Å². The fourth-order valence-electron chi connectivity index (χ4n) is 3.25. The molecule has 0 saturated heterocycles. The highest BCUT2D eigenvalue weighted by atomic mass is 32.1. The number of rotatable bonds is 7. The monoisotopic (exact) mass is 494 g/mol. The molecule has 0 N–H and O–H groups in total. The quantitative estimate of drug-likeness (QED) is 0.278. The summed E-state index contributed by atoms with van der Waals surface area (Å²) in [6.07, 6.45) is 0. The predicted octanol–water partition coefficient (Wildman–Crippen LogP) is 3.71. The van der Waals surface area contributed by atoms with Gasteiger partial charge in [-0.3, -0.25) is 34.9 Å². The Hall–Kier alpha value is -4.98. The van der Waals surface area contributed by atoms with Crippen molar-refractivity contribution in [1.82, 2.24) is 8.52 Å². The number of aromatic nitrogens is 2. The van der Waals surface area contributed by atoms with Crippen LogP contribution in [0.2, 0.25) is 0 Å². The van der Waals surface area contributed by atoms with Gasteiger partial charge in [-0.25, -0.2) is 13.7 Å². The number of benzene rings is 3. The Morgan fingerprint density at radius 2 is 1.34 bits per heavy atom. The standard InChI is InChI=1S/C21H14N6O7S/c28-21-23(13-14-7-3-1-4-8-14)20(35-24(21)15-9-5-2-6-10-15)22-19-17(26(31)32)11-16(25(29)30)12-18(19)27(33)34/h1-12H,13H2. The van der Waals surface area contributed by atoms with Gasteiger partial charge in [0.05, 0.1) is 39.1 Å². The second-order valence-corrected chi connectivity index (χ2v) is 7.99. The largest absolute Gasteiger partial charge is 0.344 e. The summed E-state index contributed by atoms with van der Waals surface area (Å²) in [5.41, 5.74) is -2.68. The molecule has 1 heterocycles. The lowest BCUT2D eigenvalue weighted by molar-refractivity contribution is -0.402. The number of para-hydroxylation sites is 1. The molecule has 35 heavy (non-hydrogen) atoms. The fourth-order valence-corrected chi connectivity index (χ4v) is 4.19. The van der Waals surface area contributed by atoms with Gasteiger partial charge in [0.1, 0.15) is 0 Å². The summed E-state index contributed by atoms with van der Waals surface area (Å²) in [7, 11) is 0. The second kappa shape index (κ2) is 9.48. The van der Waals surface area contributed by atoms with Crippen LogP contribution in [0.3, 0.4) is 0 Å². The molecule has 0 aliphatic rings. The minimum Gasteiger partial charge on any atom is -0.263 e. The number of nitrogens with zero attached hydrogens (tertiary/aromatic N) is 6. The number of hydrogen-bond donors (Lipinski definition) is 0. The molecular weight excluding hydrogens is 480 g/mol. The third-order valence-electron chi connectivity index (χ3n) is 4.85. The maximum absolute atomic E-state index is 13.3. The maximum Gasteiger partial charge on any atom is 0.344 e. The first-order chi connectivity index (χ1) is 16.8. The average molecular weight is 494 g/mol. The van der Waals surface area contributed by atoms with Crippen molar-refractivity contribution in [2.24, 2.45) is 4.99 Å². The Morgan fingerprint density at radius 1 is 0.800 bits per heavy atom. The fraction of sp³-hybridized carbons (Fsp3) is 0.0476. The minimum atomic E-state index is -0.989. The highest BCUT2D eigenvalue weighted by molar-refractivity contribution is 7.03. The second-order valence-electron chi connectivity index (χ2n) is 7.07. The number of non-ortho nitro benzene ring substituents is 1.